The van der Waals surface area contributed by atoms with Gasteiger partial charge in [-0.05, 0) is 0 Å². The molecule has 28 heavy (non-hydrogen) atoms. The van der Waals surface area contributed by atoms with Crippen LogP contribution in [-0.4, -0.2) is 40.1 Å². The number of esters is 1. The molecule has 0 fully saturated rings. The van der Waals surface area contributed by atoms with E-state index in [0.29, 0.717) is 5.56 Å². The molecule has 0 amide bonds. The van der Waals surface area contributed by atoms with Crippen LogP contribution in [0.1, 0.15) is 15.9 Å². The molecule has 0 radical (unpaired) electrons. The first-order chi connectivity index (χ1) is 13.4. The van der Waals surface area contributed by atoms with Crippen molar-refractivity contribution in [2.24, 2.45) is 0 Å². The monoisotopic (exact) mass is 460 g/mol. The van der Waals surface area contributed by atoms with E-state index in [1.54, 1.807) is 48.5 Å². The molecular weight excluding hydrogens is 439 g/mol. The molecule has 3 rings (SSSR count). The molecule has 1 unspecified atom stereocenters. The Morgan fingerprint density at radius 1 is 0.893 bits per heavy atom. The van der Waals surface area contributed by atoms with Gasteiger partial charge < -0.3 is 0 Å². The second kappa shape index (κ2) is 9.20. The van der Waals surface area contributed by atoms with Crippen LogP contribution in [0, 0.1) is 6.92 Å². The van der Waals surface area contributed by atoms with Gasteiger partial charge in [0.25, 0.3) is 0 Å². The van der Waals surface area contributed by atoms with Crippen LogP contribution in [0.4, 0.5) is 0 Å². The van der Waals surface area contributed by atoms with Gasteiger partial charge >= 0.3 is 172 Å². The number of hydrogen-bond acceptors (Lipinski definition) is 4. The third kappa shape index (κ3) is 5.55. The summed E-state index contributed by atoms with van der Waals surface area (Å²) in [7, 11) is -3.59. The van der Waals surface area contributed by atoms with Crippen LogP contribution in [0.3, 0.4) is 0 Å². The standard InChI is InChI=1S/C22H20O4SSe/c1-17-12-14-19(15-13-17)27(24,25)16-21(28-20-10-6-3-7-11-20)26-22(23)18-8-4-2-5-9-18/h2-15,21H,16H2,1H3. The van der Waals surface area contributed by atoms with Crippen molar-refractivity contribution >= 4 is 35.2 Å². The summed E-state index contributed by atoms with van der Waals surface area (Å²) in [5.41, 5.74) is 1.39. The van der Waals surface area contributed by atoms with Gasteiger partial charge in [-0.15, -0.1) is 0 Å². The first kappa shape index (κ1) is 20.3. The number of benzene rings is 3. The van der Waals surface area contributed by atoms with E-state index >= 15 is 0 Å². The van der Waals surface area contributed by atoms with Crippen LogP contribution in [-0.2, 0) is 14.6 Å². The number of carbonyl (C=O) groups excluding carboxylic acids is 1. The summed E-state index contributed by atoms with van der Waals surface area (Å²) in [6, 6.07) is 24.8. The van der Waals surface area contributed by atoms with Crippen LogP contribution >= 0.6 is 0 Å². The molecule has 0 aromatic heterocycles. The van der Waals surface area contributed by atoms with E-state index in [-0.39, 0.29) is 25.6 Å². The maximum atomic E-state index is 12.9. The Bertz CT molecular complexity index is 1020. The summed E-state index contributed by atoms with van der Waals surface area (Å²) in [4.78, 5) is 12.7. The molecule has 0 spiro atoms. The Hall–Kier alpha value is -2.40. The fraction of sp³-hybridized carbons (Fsp3) is 0.136. The van der Waals surface area contributed by atoms with E-state index in [1.165, 1.54) is 0 Å². The van der Waals surface area contributed by atoms with Gasteiger partial charge in [-0.3, -0.25) is 0 Å². The van der Waals surface area contributed by atoms with E-state index in [4.69, 9.17) is 4.74 Å². The summed E-state index contributed by atoms with van der Waals surface area (Å²) in [5, 5.41) is -0.728. The molecule has 3 aromatic rings. The Kier molecular flexibility index (Phi) is 6.68. The number of sulfone groups is 1. The van der Waals surface area contributed by atoms with Crippen molar-refractivity contribution in [1.29, 1.82) is 0 Å². The Balaban J connectivity index is 1.83. The number of carbonyl (C=O) groups is 1. The summed E-state index contributed by atoms with van der Waals surface area (Å²) < 4.78 is 32.4. The molecule has 144 valence electrons. The Morgan fingerprint density at radius 2 is 1.46 bits per heavy atom. The van der Waals surface area contributed by atoms with Crippen LogP contribution in [0.25, 0.3) is 0 Å². The predicted octanol–water partition coefficient (Wildman–Crippen LogP) is 2.98. The van der Waals surface area contributed by atoms with Gasteiger partial charge in [-0.2, -0.15) is 0 Å². The number of rotatable bonds is 7. The summed E-state index contributed by atoms with van der Waals surface area (Å²) in [5.74, 6) is -0.758. The molecule has 0 N–H and O–H groups in total. The Morgan fingerprint density at radius 3 is 2.07 bits per heavy atom. The van der Waals surface area contributed by atoms with Crippen molar-refractivity contribution in [3.8, 4) is 0 Å². The van der Waals surface area contributed by atoms with Gasteiger partial charge in [-0.25, -0.2) is 0 Å². The molecule has 0 aliphatic rings. The zero-order valence-electron chi connectivity index (χ0n) is 15.3. The van der Waals surface area contributed by atoms with Crippen molar-refractivity contribution in [3.05, 3.63) is 96.1 Å². The average Bonchev–Trinajstić information content (AvgIpc) is 2.69. The van der Waals surface area contributed by atoms with Crippen molar-refractivity contribution in [1.82, 2.24) is 0 Å². The number of aryl methyl sites for hydroxylation is 1. The van der Waals surface area contributed by atoms with Crippen molar-refractivity contribution in [2.75, 3.05) is 5.75 Å². The first-order valence-electron chi connectivity index (χ1n) is 8.71. The van der Waals surface area contributed by atoms with Gasteiger partial charge in [0, 0.05) is 0 Å². The predicted molar refractivity (Wildman–Crippen MR) is 111 cm³/mol. The molecule has 0 bridgehead atoms. The molecule has 0 aliphatic heterocycles. The molecule has 0 saturated heterocycles. The molecule has 0 saturated carbocycles. The second-order valence-electron chi connectivity index (χ2n) is 6.23. The third-order valence-corrected chi connectivity index (χ3v) is 8.45. The zero-order valence-corrected chi connectivity index (χ0v) is 17.8. The summed E-state index contributed by atoms with van der Waals surface area (Å²) >= 11 is -0.344. The minimum atomic E-state index is -3.59. The molecule has 4 nitrogen and oxygen atoms in total. The van der Waals surface area contributed by atoms with Crippen molar-refractivity contribution in [3.63, 3.8) is 0 Å². The van der Waals surface area contributed by atoms with Gasteiger partial charge in [-0.1, -0.05) is 0 Å². The second-order valence-corrected chi connectivity index (χ2v) is 10.8. The van der Waals surface area contributed by atoms with Gasteiger partial charge in [0.05, 0.1) is 0 Å². The molecule has 0 aliphatic carbocycles. The van der Waals surface area contributed by atoms with Crippen LogP contribution in [0.5, 0.6) is 0 Å². The van der Waals surface area contributed by atoms with Crippen LogP contribution in [0.15, 0.2) is 89.8 Å². The van der Waals surface area contributed by atoms with E-state index in [9.17, 15) is 13.2 Å². The fourth-order valence-corrected chi connectivity index (χ4v) is 6.90. The van der Waals surface area contributed by atoms with E-state index < -0.39 is 20.8 Å². The van der Waals surface area contributed by atoms with Gasteiger partial charge in [0.2, 0.25) is 0 Å². The quantitative estimate of drug-likeness (QED) is 0.403. The molecule has 0 heterocycles. The van der Waals surface area contributed by atoms with Crippen molar-refractivity contribution < 1.29 is 17.9 Å². The van der Waals surface area contributed by atoms with E-state index in [0.717, 1.165) is 10.0 Å². The minimum absolute atomic E-state index is 0.239. The Labute approximate surface area is 171 Å². The zero-order chi connectivity index (χ0) is 20.0. The van der Waals surface area contributed by atoms with Crippen LogP contribution in [0.2, 0.25) is 0 Å². The maximum absolute atomic E-state index is 12.9. The third-order valence-electron chi connectivity index (χ3n) is 3.99. The summed E-state index contributed by atoms with van der Waals surface area (Å²) in [6.45, 7) is 1.90. The van der Waals surface area contributed by atoms with E-state index in [1.807, 2.05) is 43.3 Å². The van der Waals surface area contributed by atoms with Crippen molar-refractivity contribution in [2.45, 2.75) is 16.8 Å². The van der Waals surface area contributed by atoms with Gasteiger partial charge in [0.15, 0.2) is 0 Å². The average molecular weight is 459 g/mol. The molecular formula is C22H20O4SSe. The number of hydrogen-bond donors (Lipinski definition) is 0. The first-order valence-corrected chi connectivity index (χ1v) is 12.2. The molecule has 6 heteroatoms. The number of ether oxygens (including phenoxy) is 1. The van der Waals surface area contributed by atoms with Gasteiger partial charge in [0.1, 0.15) is 0 Å². The molecule has 1 atom stereocenters. The van der Waals surface area contributed by atoms with Crippen LogP contribution < -0.4 is 4.46 Å². The van der Waals surface area contributed by atoms with E-state index in [2.05, 4.69) is 0 Å². The molecule has 3 aromatic carbocycles. The fourth-order valence-electron chi connectivity index (χ4n) is 2.53. The normalized spacial score (nSPS) is 12.3. The summed E-state index contributed by atoms with van der Waals surface area (Å²) in [6.07, 6.45) is 0. The SMILES string of the molecule is Cc1ccc(S(=O)(=O)CC(OC(=O)c2ccccc2)[Se]c2ccccc2)cc1. The topological polar surface area (TPSA) is 60.4 Å².